The largest absolute Gasteiger partial charge is 0.321 e. The second-order valence-corrected chi connectivity index (χ2v) is 6.23. The number of hydrogen-bond acceptors (Lipinski definition) is 3. The average Bonchev–Trinajstić information content (AvgIpc) is 2.75. The molecule has 0 aliphatic rings. The summed E-state index contributed by atoms with van der Waals surface area (Å²) in [6.07, 6.45) is 2.18. The fraction of sp³-hybridized carbons (Fsp3) is 0.467. The van der Waals surface area contributed by atoms with E-state index in [1.165, 1.54) is 0 Å². The van der Waals surface area contributed by atoms with Crippen LogP contribution in [0.1, 0.15) is 32.2 Å². The molecule has 5 heteroatoms. The van der Waals surface area contributed by atoms with Crippen molar-refractivity contribution in [1.82, 2.24) is 14.8 Å². The van der Waals surface area contributed by atoms with Gasteiger partial charge in [0.2, 0.25) is 0 Å². The molecule has 0 spiro atoms. The van der Waals surface area contributed by atoms with Gasteiger partial charge in [0.15, 0.2) is 0 Å². The third-order valence-electron chi connectivity index (χ3n) is 3.25. The van der Waals surface area contributed by atoms with Crippen LogP contribution in [0, 0.1) is 5.92 Å². The number of benzene rings is 1. The van der Waals surface area contributed by atoms with Crippen LogP contribution in [0.3, 0.4) is 0 Å². The molecule has 1 unspecified atom stereocenters. The SMILES string of the molecule is CC(C)Cn1ncnc1CC(C)(N)c1ccccc1Cl. The standard InChI is InChI=1S/C15H21ClN4/c1-11(2)9-20-14(18-10-19-20)8-15(3,17)12-6-4-5-7-13(12)16/h4-7,10-11H,8-9,17H2,1-3H3. The number of aromatic nitrogens is 3. The Balaban J connectivity index is 2.25. The van der Waals surface area contributed by atoms with Crippen LogP contribution in [0.25, 0.3) is 0 Å². The Morgan fingerprint density at radius 3 is 2.70 bits per heavy atom. The molecule has 2 aromatic rings. The fourth-order valence-electron chi connectivity index (χ4n) is 2.27. The molecule has 0 radical (unpaired) electrons. The van der Waals surface area contributed by atoms with E-state index in [9.17, 15) is 0 Å². The summed E-state index contributed by atoms with van der Waals surface area (Å²) in [7, 11) is 0. The number of nitrogens with two attached hydrogens (primary N) is 1. The highest BCUT2D eigenvalue weighted by atomic mass is 35.5. The highest BCUT2D eigenvalue weighted by Crippen LogP contribution is 2.28. The van der Waals surface area contributed by atoms with E-state index in [4.69, 9.17) is 17.3 Å². The normalized spacial score (nSPS) is 14.5. The molecular weight excluding hydrogens is 272 g/mol. The van der Waals surface area contributed by atoms with E-state index >= 15 is 0 Å². The van der Waals surface area contributed by atoms with E-state index in [0.29, 0.717) is 17.4 Å². The number of rotatable bonds is 5. The highest BCUT2D eigenvalue weighted by molar-refractivity contribution is 6.31. The molecule has 0 saturated carbocycles. The minimum absolute atomic E-state index is 0.514. The fourth-order valence-corrected chi connectivity index (χ4v) is 2.62. The first kappa shape index (κ1) is 15.0. The zero-order valence-corrected chi connectivity index (χ0v) is 12.9. The van der Waals surface area contributed by atoms with E-state index in [1.807, 2.05) is 35.9 Å². The molecule has 0 aliphatic heterocycles. The summed E-state index contributed by atoms with van der Waals surface area (Å²) in [6.45, 7) is 7.12. The monoisotopic (exact) mass is 292 g/mol. The summed E-state index contributed by atoms with van der Waals surface area (Å²) in [5.41, 5.74) is 6.83. The summed E-state index contributed by atoms with van der Waals surface area (Å²) in [5, 5.41) is 4.96. The third kappa shape index (κ3) is 3.38. The summed E-state index contributed by atoms with van der Waals surface area (Å²) >= 11 is 6.25. The van der Waals surface area contributed by atoms with Gasteiger partial charge in [-0.15, -0.1) is 0 Å². The van der Waals surface area contributed by atoms with Crippen LogP contribution < -0.4 is 5.73 Å². The van der Waals surface area contributed by atoms with Gasteiger partial charge in [0.05, 0.1) is 0 Å². The minimum Gasteiger partial charge on any atom is -0.321 e. The Morgan fingerprint density at radius 2 is 2.05 bits per heavy atom. The first-order valence-corrected chi connectivity index (χ1v) is 7.18. The van der Waals surface area contributed by atoms with Gasteiger partial charge in [-0.1, -0.05) is 43.6 Å². The number of halogens is 1. The Morgan fingerprint density at radius 1 is 1.35 bits per heavy atom. The van der Waals surface area contributed by atoms with E-state index in [2.05, 4.69) is 23.9 Å². The molecular formula is C15H21ClN4. The Labute approximate surface area is 125 Å². The molecule has 1 aromatic carbocycles. The first-order valence-electron chi connectivity index (χ1n) is 6.80. The molecule has 2 rings (SSSR count). The van der Waals surface area contributed by atoms with Crippen molar-refractivity contribution in [2.45, 2.75) is 39.3 Å². The van der Waals surface area contributed by atoms with Gasteiger partial charge in [0, 0.05) is 23.5 Å². The molecule has 4 nitrogen and oxygen atoms in total. The maximum Gasteiger partial charge on any atom is 0.138 e. The molecule has 108 valence electrons. The topological polar surface area (TPSA) is 56.7 Å². The average molecular weight is 293 g/mol. The predicted octanol–water partition coefficient (Wildman–Crippen LogP) is 3.00. The zero-order valence-electron chi connectivity index (χ0n) is 12.2. The van der Waals surface area contributed by atoms with Gasteiger partial charge in [-0.05, 0) is 24.5 Å². The summed E-state index contributed by atoms with van der Waals surface area (Å²) in [5.74, 6) is 1.41. The molecule has 20 heavy (non-hydrogen) atoms. The van der Waals surface area contributed by atoms with Gasteiger partial charge in [0.25, 0.3) is 0 Å². The van der Waals surface area contributed by atoms with Crippen LogP contribution in [0.4, 0.5) is 0 Å². The van der Waals surface area contributed by atoms with Gasteiger partial charge < -0.3 is 5.73 Å². The van der Waals surface area contributed by atoms with Crippen molar-refractivity contribution in [3.63, 3.8) is 0 Å². The molecule has 2 N–H and O–H groups in total. The van der Waals surface area contributed by atoms with E-state index < -0.39 is 5.54 Å². The Kier molecular flexibility index (Phi) is 4.45. The second-order valence-electron chi connectivity index (χ2n) is 5.83. The van der Waals surface area contributed by atoms with E-state index in [-0.39, 0.29) is 0 Å². The van der Waals surface area contributed by atoms with Crippen LogP contribution >= 0.6 is 11.6 Å². The molecule has 0 amide bonds. The molecule has 0 bridgehead atoms. The number of nitrogens with zero attached hydrogens (tertiary/aromatic N) is 3. The highest BCUT2D eigenvalue weighted by Gasteiger charge is 2.26. The van der Waals surface area contributed by atoms with Crippen molar-refractivity contribution < 1.29 is 0 Å². The summed E-state index contributed by atoms with van der Waals surface area (Å²) in [6, 6.07) is 7.68. The van der Waals surface area contributed by atoms with Crippen LogP contribution in [0.15, 0.2) is 30.6 Å². The lowest BCUT2D eigenvalue weighted by Crippen LogP contribution is -2.37. The molecule has 1 atom stereocenters. The van der Waals surface area contributed by atoms with E-state index in [0.717, 1.165) is 17.9 Å². The predicted molar refractivity (Wildman–Crippen MR) is 81.6 cm³/mol. The van der Waals surface area contributed by atoms with Gasteiger partial charge in [-0.2, -0.15) is 5.10 Å². The molecule has 0 fully saturated rings. The summed E-state index contributed by atoms with van der Waals surface area (Å²) < 4.78 is 1.92. The molecule has 0 aliphatic carbocycles. The van der Waals surface area contributed by atoms with Gasteiger partial charge >= 0.3 is 0 Å². The van der Waals surface area contributed by atoms with Gasteiger partial charge in [-0.3, -0.25) is 0 Å². The van der Waals surface area contributed by atoms with Crippen LogP contribution in [0.2, 0.25) is 5.02 Å². The maximum atomic E-state index is 6.46. The van der Waals surface area contributed by atoms with Crippen molar-refractivity contribution in [3.05, 3.63) is 47.0 Å². The molecule has 1 heterocycles. The van der Waals surface area contributed by atoms with Gasteiger partial charge in [-0.25, -0.2) is 9.67 Å². The lowest BCUT2D eigenvalue weighted by molar-refractivity contribution is 0.422. The van der Waals surface area contributed by atoms with Crippen LogP contribution in [-0.4, -0.2) is 14.8 Å². The Hall–Kier alpha value is -1.39. The lowest BCUT2D eigenvalue weighted by atomic mass is 9.89. The molecule has 0 saturated heterocycles. The third-order valence-corrected chi connectivity index (χ3v) is 3.58. The van der Waals surface area contributed by atoms with Crippen LogP contribution in [0.5, 0.6) is 0 Å². The smallest absolute Gasteiger partial charge is 0.138 e. The maximum absolute atomic E-state index is 6.46. The Bertz CT molecular complexity index is 575. The summed E-state index contributed by atoms with van der Waals surface area (Å²) in [4.78, 5) is 4.34. The van der Waals surface area contributed by atoms with Crippen molar-refractivity contribution in [1.29, 1.82) is 0 Å². The van der Waals surface area contributed by atoms with Crippen LogP contribution in [-0.2, 0) is 18.5 Å². The minimum atomic E-state index is -0.569. The van der Waals surface area contributed by atoms with E-state index in [1.54, 1.807) is 6.33 Å². The van der Waals surface area contributed by atoms with Crippen molar-refractivity contribution in [3.8, 4) is 0 Å². The van der Waals surface area contributed by atoms with Crippen molar-refractivity contribution in [2.75, 3.05) is 0 Å². The van der Waals surface area contributed by atoms with Crippen molar-refractivity contribution >= 4 is 11.6 Å². The zero-order chi connectivity index (χ0) is 14.8. The first-order chi connectivity index (χ1) is 9.40. The lowest BCUT2D eigenvalue weighted by Gasteiger charge is -2.26. The number of hydrogen-bond donors (Lipinski definition) is 1. The van der Waals surface area contributed by atoms with Gasteiger partial charge in [0.1, 0.15) is 12.2 Å². The quantitative estimate of drug-likeness (QED) is 0.921. The van der Waals surface area contributed by atoms with Crippen molar-refractivity contribution in [2.24, 2.45) is 11.7 Å². The molecule has 1 aromatic heterocycles. The second kappa shape index (κ2) is 5.94.